The zero-order valence-electron chi connectivity index (χ0n) is 13.4. The van der Waals surface area contributed by atoms with E-state index in [0.29, 0.717) is 17.7 Å². The Labute approximate surface area is 136 Å². The number of aldehydes is 1. The van der Waals surface area contributed by atoms with Gasteiger partial charge in [-0.2, -0.15) is 0 Å². The van der Waals surface area contributed by atoms with Crippen LogP contribution in [0.4, 0.5) is 0 Å². The Hall–Kier alpha value is -1.98. The lowest BCUT2D eigenvalue weighted by atomic mass is 9.95. The maximum Gasteiger partial charge on any atom is 0.267 e. The van der Waals surface area contributed by atoms with Crippen molar-refractivity contribution in [3.63, 3.8) is 0 Å². The predicted octanol–water partition coefficient (Wildman–Crippen LogP) is 0.455. The molecule has 0 spiro atoms. The molecule has 23 heavy (non-hydrogen) atoms. The highest BCUT2D eigenvalue weighted by Gasteiger charge is 2.55. The number of amides is 1. The summed E-state index contributed by atoms with van der Waals surface area (Å²) in [6.45, 7) is 1.64. The summed E-state index contributed by atoms with van der Waals surface area (Å²) < 4.78 is 0. The van der Waals surface area contributed by atoms with E-state index in [-0.39, 0.29) is 23.6 Å². The molecule has 5 N–H and O–H groups in total. The number of likely N-dealkylation sites (tertiary alicyclic amines) is 1. The van der Waals surface area contributed by atoms with Crippen molar-refractivity contribution in [2.75, 3.05) is 13.1 Å². The number of fused-ring (bicyclic) bond motifs is 1. The molecule has 3 aliphatic rings. The predicted molar refractivity (Wildman–Crippen MR) is 87.7 cm³/mol. The topological polar surface area (TPSA) is 101 Å². The third-order valence-corrected chi connectivity index (χ3v) is 5.42. The van der Waals surface area contributed by atoms with Gasteiger partial charge in [0.05, 0.1) is 11.5 Å². The standard InChI is InChI=1S/C17H26N4O2/c18-15(17(23)20-11-4-2-1-3-5-11)6-7-16(19)21-8-12-13(9-21)14(12)10-22/h6-7,10-14H,1-5,8-9,18-19H2,(H,20,23)/b15-6-,16-7+. The third-order valence-electron chi connectivity index (χ3n) is 5.42. The third kappa shape index (κ3) is 3.51. The average molecular weight is 318 g/mol. The van der Waals surface area contributed by atoms with Crippen LogP contribution in [0, 0.1) is 17.8 Å². The Balaban J connectivity index is 1.49. The van der Waals surface area contributed by atoms with Crippen LogP contribution in [0.15, 0.2) is 23.7 Å². The molecule has 1 aliphatic heterocycles. The van der Waals surface area contributed by atoms with Crippen LogP contribution in [0.2, 0.25) is 0 Å². The summed E-state index contributed by atoms with van der Waals surface area (Å²) in [6, 6.07) is 0.246. The zero-order chi connectivity index (χ0) is 16.4. The molecule has 1 heterocycles. The fourth-order valence-electron chi connectivity index (χ4n) is 3.86. The zero-order valence-corrected chi connectivity index (χ0v) is 13.4. The van der Waals surface area contributed by atoms with Crippen molar-refractivity contribution < 1.29 is 9.59 Å². The van der Waals surface area contributed by atoms with Gasteiger partial charge in [-0.25, -0.2) is 0 Å². The SMILES string of the molecule is N/C(=C\C=C(/N)N1CC2C(C=O)C2C1)C(=O)NC1CCCCC1. The Bertz CT molecular complexity index is 525. The number of rotatable bonds is 5. The number of carbonyl (C=O) groups is 2. The Morgan fingerprint density at radius 3 is 2.30 bits per heavy atom. The molecule has 3 fully saturated rings. The highest BCUT2D eigenvalue weighted by molar-refractivity contribution is 5.92. The van der Waals surface area contributed by atoms with E-state index in [1.807, 2.05) is 0 Å². The molecule has 3 rings (SSSR count). The number of hydrogen-bond acceptors (Lipinski definition) is 5. The molecular formula is C17H26N4O2. The van der Waals surface area contributed by atoms with Gasteiger partial charge in [-0.3, -0.25) is 4.79 Å². The molecule has 0 aromatic rings. The molecule has 2 aliphatic carbocycles. The van der Waals surface area contributed by atoms with E-state index < -0.39 is 0 Å². The normalized spacial score (nSPS) is 31.7. The van der Waals surface area contributed by atoms with Gasteiger partial charge < -0.3 is 26.5 Å². The molecule has 0 bridgehead atoms. The summed E-state index contributed by atoms with van der Waals surface area (Å²) in [5.74, 6) is 1.52. The first-order chi connectivity index (χ1) is 11.1. The van der Waals surface area contributed by atoms with Crippen LogP contribution in [-0.4, -0.2) is 36.2 Å². The van der Waals surface area contributed by atoms with Gasteiger partial charge in [0.15, 0.2) is 0 Å². The molecule has 2 saturated carbocycles. The number of piperidine rings is 1. The van der Waals surface area contributed by atoms with Gasteiger partial charge in [-0.15, -0.1) is 0 Å². The first kappa shape index (κ1) is 15.9. The van der Waals surface area contributed by atoms with Gasteiger partial charge in [0.1, 0.15) is 6.29 Å². The van der Waals surface area contributed by atoms with Gasteiger partial charge in [0.2, 0.25) is 0 Å². The van der Waals surface area contributed by atoms with Gasteiger partial charge in [-0.05, 0) is 36.8 Å². The second-order valence-corrected chi connectivity index (χ2v) is 6.97. The molecule has 1 saturated heterocycles. The molecule has 1 amide bonds. The maximum atomic E-state index is 12.1. The van der Waals surface area contributed by atoms with Crippen molar-refractivity contribution in [3.8, 4) is 0 Å². The van der Waals surface area contributed by atoms with E-state index in [4.69, 9.17) is 11.5 Å². The molecule has 2 atom stereocenters. The summed E-state index contributed by atoms with van der Waals surface area (Å²) in [4.78, 5) is 24.9. The summed E-state index contributed by atoms with van der Waals surface area (Å²) in [7, 11) is 0. The molecule has 2 unspecified atom stereocenters. The number of hydrogen-bond donors (Lipinski definition) is 3. The summed E-state index contributed by atoms with van der Waals surface area (Å²) in [6.07, 6.45) is 9.98. The van der Waals surface area contributed by atoms with Crippen molar-refractivity contribution in [2.45, 2.75) is 38.1 Å². The van der Waals surface area contributed by atoms with Crippen LogP contribution in [0.1, 0.15) is 32.1 Å². The molecule has 0 radical (unpaired) electrons. The number of nitrogens with one attached hydrogen (secondary N) is 1. The van der Waals surface area contributed by atoms with E-state index in [1.165, 1.54) is 19.3 Å². The van der Waals surface area contributed by atoms with E-state index in [9.17, 15) is 9.59 Å². The lowest BCUT2D eigenvalue weighted by Crippen LogP contribution is -2.38. The molecule has 6 nitrogen and oxygen atoms in total. The number of allylic oxidation sites excluding steroid dienone is 2. The van der Waals surface area contributed by atoms with Gasteiger partial charge in [0.25, 0.3) is 5.91 Å². The van der Waals surface area contributed by atoms with Crippen molar-refractivity contribution in [1.29, 1.82) is 0 Å². The number of nitrogens with two attached hydrogens (primary N) is 2. The Morgan fingerprint density at radius 2 is 1.70 bits per heavy atom. The monoisotopic (exact) mass is 318 g/mol. The lowest BCUT2D eigenvalue weighted by molar-refractivity contribution is -0.118. The van der Waals surface area contributed by atoms with E-state index in [0.717, 1.165) is 32.2 Å². The van der Waals surface area contributed by atoms with Crippen LogP contribution in [0.3, 0.4) is 0 Å². The van der Waals surface area contributed by atoms with Crippen LogP contribution < -0.4 is 16.8 Å². The van der Waals surface area contributed by atoms with E-state index >= 15 is 0 Å². The molecular weight excluding hydrogens is 292 g/mol. The van der Waals surface area contributed by atoms with E-state index in [1.54, 1.807) is 12.2 Å². The van der Waals surface area contributed by atoms with E-state index in [2.05, 4.69) is 10.2 Å². The minimum atomic E-state index is -0.216. The molecule has 6 heteroatoms. The first-order valence-corrected chi connectivity index (χ1v) is 8.54. The van der Waals surface area contributed by atoms with Gasteiger partial charge in [0, 0.05) is 25.0 Å². The number of nitrogens with zero attached hydrogens (tertiary/aromatic N) is 1. The quantitative estimate of drug-likeness (QED) is 0.388. The smallest absolute Gasteiger partial charge is 0.267 e. The van der Waals surface area contributed by atoms with Crippen LogP contribution in [0.25, 0.3) is 0 Å². The van der Waals surface area contributed by atoms with Crippen molar-refractivity contribution in [1.82, 2.24) is 10.2 Å². The minimum absolute atomic E-state index is 0.189. The second kappa shape index (κ2) is 6.64. The second-order valence-electron chi connectivity index (χ2n) is 6.97. The molecule has 0 aromatic carbocycles. The Kier molecular flexibility index (Phi) is 4.59. The van der Waals surface area contributed by atoms with Crippen LogP contribution in [-0.2, 0) is 9.59 Å². The fourth-order valence-corrected chi connectivity index (χ4v) is 3.86. The molecule has 0 aromatic heterocycles. The van der Waals surface area contributed by atoms with Crippen molar-refractivity contribution in [3.05, 3.63) is 23.7 Å². The lowest BCUT2D eigenvalue weighted by Gasteiger charge is -2.22. The highest BCUT2D eigenvalue weighted by atomic mass is 16.2. The van der Waals surface area contributed by atoms with Gasteiger partial charge >= 0.3 is 0 Å². The maximum absolute atomic E-state index is 12.1. The first-order valence-electron chi connectivity index (χ1n) is 8.54. The number of carbonyl (C=O) groups excluding carboxylic acids is 2. The van der Waals surface area contributed by atoms with Crippen LogP contribution >= 0.6 is 0 Å². The van der Waals surface area contributed by atoms with Crippen LogP contribution in [0.5, 0.6) is 0 Å². The largest absolute Gasteiger partial charge is 0.394 e. The Morgan fingerprint density at radius 1 is 1.04 bits per heavy atom. The van der Waals surface area contributed by atoms with Gasteiger partial charge in [-0.1, -0.05) is 19.3 Å². The summed E-state index contributed by atoms with van der Waals surface area (Å²) in [5, 5.41) is 2.98. The van der Waals surface area contributed by atoms with Crippen molar-refractivity contribution >= 4 is 12.2 Å². The highest BCUT2D eigenvalue weighted by Crippen LogP contribution is 2.50. The minimum Gasteiger partial charge on any atom is -0.394 e. The fraction of sp³-hybridized carbons (Fsp3) is 0.647. The average Bonchev–Trinajstić information content (AvgIpc) is 3.03. The summed E-state index contributed by atoms with van der Waals surface area (Å²) in [5.41, 5.74) is 12.1. The molecule has 126 valence electrons. The van der Waals surface area contributed by atoms with Crippen molar-refractivity contribution in [2.24, 2.45) is 29.2 Å². The summed E-state index contributed by atoms with van der Waals surface area (Å²) >= 11 is 0.